The lowest BCUT2D eigenvalue weighted by Gasteiger charge is -2.12. The Bertz CT molecular complexity index is 844. The van der Waals surface area contributed by atoms with Crippen LogP contribution in [-0.4, -0.2) is 30.7 Å². The van der Waals surface area contributed by atoms with Crippen molar-refractivity contribution in [3.63, 3.8) is 0 Å². The molecule has 128 valence electrons. The number of alkyl halides is 1. The molecule has 0 aliphatic heterocycles. The Morgan fingerprint density at radius 3 is 2.68 bits per heavy atom. The van der Waals surface area contributed by atoms with E-state index in [1.807, 2.05) is 6.07 Å². The molecule has 0 spiro atoms. The van der Waals surface area contributed by atoms with Gasteiger partial charge < -0.3 is 10.5 Å². The zero-order valence-electron chi connectivity index (χ0n) is 13.2. The lowest BCUT2D eigenvalue weighted by molar-refractivity contribution is -0.116. The summed E-state index contributed by atoms with van der Waals surface area (Å²) < 4.78 is 5.45. The van der Waals surface area contributed by atoms with Crippen molar-refractivity contribution in [2.45, 2.75) is 0 Å². The average Bonchev–Trinajstić information content (AvgIpc) is 2.61. The van der Waals surface area contributed by atoms with E-state index in [1.54, 1.807) is 36.4 Å². The molecule has 0 aromatic heterocycles. The van der Waals surface area contributed by atoms with Gasteiger partial charge in [0.05, 0.1) is 17.2 Å². The first-order chi connectivity index (χ1) is 12.1. The second kappa shape index (κ2) is 9.07. The molecule has 0 unspecified atom stereocenters. The molecule has 0 radical (unpaired) electrons. The zero-order valence-corrected chi connectivity index (χ0v) is 14.7. The number of primary amides is 1. The van der Waals surface area contributed by atoms with E-state index in [0.717, 1.165) is 0 Å². The number of nitriles is 1. The molecule has 0 saturated carbocycles. The van der Waals surface area contributed by atoms with Crippen molar-refractivity contribution >= 4 is 34.8 Å². The molecule has 25 heavy (non-hydrogen) atoms. The van der Waals surface area contributed by atoms with Crippen molar-refractivity contribution in [3.8, 4) is 11.8 Å². The quantitative estimate of drug-likeness (QED) is 0.595. The third-order valence-corrected chi connectivity index (χ3v) is 3.71. The molecular weight excluding hydrogens is 361 g/mol. The molecular formula is C18H15Cl2N3O2. The molecule has 7 heteroatoms. The number of aliphatic imine (C=N–C) groups is 1. The highest BCUT2D eigenvalue weighted by molar-refractivity contribution is 6.35. The monoisotopic (exact) mass is 375 g/mol. The molecule has 0 bridgehead atoms. The van der Waals surface area contributed by atoms with Crippen LogP contribution < -0.4 is 10.5 Å². The van der Waals surface area contributed by atoms with Crippen molar-refractivity contribution in [2.75, 3.05) is 19.0 Å². The van der Waals surface area contributed by atoms with Gasteiger partial charge in [-0.3, -0.25) is 9.79 Å². The van der Waals surface area contributed by atoms with Gasteiger partial charge in [0.1, 0.15) is 25.0 Å². The summed E-state index contributed by atoms with van der Waals surface area (Å²) in [6.45, 7) is 0.107. The first-order valence-corrected chi connectivity index (χ1v) is 8.29. The van der Waals surface area contributed by atoms with Gasteiger partial charge in [-0.1, -0.05) is 29.8 Å². The number of benzene rings is 2. The van der Waals surface area contributed by atoms with Crippen LogP contribution in [0.1, 0.15) is 16.7 Å². The smallest absolute Gasteiger partial charge is 0.239 e. The van der Waals surface area contributed by atoms with Crippen molar-refractivity contribution in [2.24, 2.45) is 10.7 Å². The van der Waals surface area contributed by atoms with Gasteiger partial charge in [0, 0.05) is 16.1 Å². The second-order valence-electron chi connectivity index (χ2n) is 4.97. The number of ether oxygens (including phenoxy) is 1. The van der Waals surface area contributed by atoms with E-state index >= 15 is 0 Å². The van der Waals surface area contributed by atoms with E-state index in [2.05, 4.69) is 11.1 Å². The Labute approximate surface area is 155 Å². The number of halogens is 2. The number of hydrogen-bond acceptors (Lipinski definition) is 4. The second-order valence-corrected chi connectivity index (χ2v) is 5.76. The number of carbonyl (C=O) groups excluding carboxylic acids is 1. The van der Waals surface area contributed by atoms with Gasteiger partial charge in [-0.15, -0.1) is 11.6 Å². The largest absolute Gasteiger partial charge is 0.491 e. The Morgan fingerprint density at radius 1 is 1.28 bits per heavy atom. The number of amides is 1. The van der Waals surface area contributed by atoms with Gasteiger partial charge in [0.15, 0.2) is 0 Å². The maximum Gasteiger partial charge on any atom is 0.239 e. The lowest BCUT2D eigenvalue weighted by Crippen LogP contribution is -2.16. The molecule has 0 heterocycles. The SMILES string of the molecule is N#Cc1cc(C(=NCC(N)=O)c2ccccc2Cl)ccc1OCCCl. The van der Waals surface area contributed by atoms with Crippen LogP contribution in [0.5, 0.6) is 5.75 Å². The maximum atomic E-state index is 11.1. The molecule has 0 aliphatic carbocycles. The minimum Gasteiger partial charge on any atom is -0.491 e. The fourth-order valence-electron chi connectivity index (χ4n) is 2.18. The molecule has 2 rings (SSSR count). The average molecular weight is 376 g/mol. The minimum absolute atomic E-state index is 0.188. The maximum absolute atomic E-state index is 11.1. The number of hydrogen-bond donors (Lipinski definition) is 1. The van der Waals surface area contributed by atoms with E-state index in [9.17, 15) is 10.1 Å². The van der Waals surface area contributed by atoms with E-state index in [4.69, 9.17) is 33.7 Å². The van der Waals surface area contributed by atoms with Crippen molar-refractivity contribution in [1.82, 2.24) is 0 Å². The highest BCUT2D eigenvalue weighted by Crippen LogP contribution is 2.24. The van der Waals surface area contributed by atoms with E-state index in [1.165, 1.54) is 0 Å². The van der Waals surface area contributed by atoms with Crippen LogP contribution in [-0.2, 0) is 4.79 Å². The van der Waals surface area contributed by atoms with Crippen LogP contribution in [0.3, 0.4) is 0 Å². The van der Waals surface area contributed by atoms with Crippen LogP contribution in [0, 0.1) is 11.3 Å². The summed E-state index contributed by atoms with van der Waals surface area (Å²) in [6, 6.07) is 14.2. The number of rotatable bonds is 7. The Hall–Kier alpha value is -2.55. The van der Waals surface area contributed by atoms with Gasteiger partial charge in [0.2, 0.25) is 5.91 Å². The summed E-state index contributed by atoms with van der Waals surface area (Å²) in [5.74, 6) is 0.185. The lowest BCUT2D eigenvalue weighted by atomic mass is 10.00. The molecule has 1 amide bonds. The topological polar surface area (TPSA) is 88.5 Å². The molecule has 2 N–H and O–H groups in total. The minimum atomic E-state index is -0.563. The highest BCUT2D eigenvalue weighted by Gasteiger charge is 2.14. The van der Waals surface area contributed by atoms with Crippen molar-refractivity contribution in [3.05, 3.63) is 64.2 Å². The predicted molar refractivity (Wildman–Crippen MR) is 98.5 cm³/mol. The standard InChI is InChI=1S/C18H15Cl2N3O2/c19-7-8-25-16-6-5-12(9-13(16)10-21)18(23-11-17(22)24)14-3-1-2-4-15(14)20/h1-6,9H,7-8,11H2,(H2,22,24). The van der Waals surface area contributed by atoms with Gasteiger partial charge in [-0.2, -0.15) is 5.26 Å². The van der Waals surface area contributed by atoms with E-state index in [-0.39, 0.29) is 6.54 Å². The fourth-order valence-corrected chi connectivity index (χ4v) is 2.48. The Balaban J connectivity index is 2.51. The molecule has 2 aromatic carbocycles. The Morgan fingerprint density at radius 2 is 2.04 bits per heavy atom. The molecule has 0 saturated heterocycles. The van der Waals surface area contributed by atoms with E-state index < -0.39 is 5.91 Å². The van der Waals surface area contributed by atoms with Crippen LogP contribution in [0.4, 0.5) is 0 Å². The summed E-state index contributed by atoms with van der Waals surface area (Å²) in [4.78, 5) is 15.4. The zero-order chi connectivity index (χ0) is 18.2. The highest BCUT2D eigenvalue weighted by atomic mass is 35.5. The fraction of sp³-hybridized carbons (Fsp3) is 0.167. The number of nitrogens with zero attached hydrogens (tertiary/aromatic N) is 2. The first-order valence-electron chi connectivity index (χ1n) is 7.37. The summed E-state index contributed by atoms with van der Waals surface area (Å²) in [7, 11) is 0. The van der Waals surface area contributed by atoms with Crippen LogP contribution in [0.2, 0.25) is 5.02 Å². The van der Waals surface area contributed by atoms with Gasteiger partial charge in [-0.05, 0) is 24.3 Å². The van der Waals surface area contributed by atoms with Gasteiger partial charge >= 0.3 is 0 Å². The van der Waals surface area contributed by atoms with Crippen LogP contribution >= 0.6 is 23.2 Å². The van der Waals surface area contributed by atoms with E-state index in [0.29, 0.717) is 45.7 Å². The molecule has 0 atom stereocenters. The number of nitrogens with two attached hydrogens (primary N) is 1. The molecule has 2 aromatic rings. The molecule has 0 fully saturated rings. The third-order valence-electron chi connectivity index (χ3n) is 3.23. The van der Waals surface area contributed by atoms with Crippen molar-refractivity contribution in [1.29, 1.82) is 5.26 Å². The third kappa shape index (κ3) is 4.96. The van der Waals surface area contributed by atoms with Crippen molar-refractivity contribution < 1.29 is 9.53 Å². The van der Waals surface area contributed by atoms with Crippen LogP contribution in [0.25, 0.3) is 0 Å². The summed E-state index contributed by atoms with van der Waals surface area (Å²) in [5, 5.41) is 9.84. The summed E-state index contributed by atoms with van der Waals surface area (Å²) in [6.07, 6.45) is 0. The van der Waals surface area contributed by atoms with Crippen LogP contribution in [0.15, 0.2) is 47.5 Å². The molecule has 5 nitrogen and oxygen atoms in total. The predicted octanol–water partition coefficient (Wildman–Crippen LogP) is 3.15. The summed E-state index contributed by atoms with van der Waals surface area (Å²) >= 11 is 11.9. The number of carbonyl (C=O) groups is 1. The van der Waals surface area contributed by atoms with Gasteiger partial charge in [0.25, 0.3) is 0 Å². The normalized spacial score (nSPS) is 11.0. The first kappa shape index (κ1) is 18.8. The van der Waals surface area contributed by atoms with Gasteiger partial charge in [-0.25, -0.2) is 0 Å². The Kier molecular flexibility index (Phi) is 6.81. The molecule has 0 aliphatic rings. The summed E-state index contributed by atoms with van der Waals surface area (Å²) in [5.41, 5.74) is 7.29.